The number of ether oxygens (including phenoxy) is 2. The number of nitrogens with zero attached hydrogens (tertiary/aromatic N) is 2. The van der Waals surface area contributed by atoms with Crippen LogP contribution >= 0.6 is 0 Å². The number of imidazole rings is 1. The van der Waals surface area contributed by atoms with Crippen molar-refractivity contribution in [3.05, 3.63) is 42.0 Å². The Hall–Kier alpha value is -3.03. The van der Waals surface area contributed by atoms with Gasteiger partial charge in [0.2, 0.25) is 11.8 Å². The van der Waals surface area contributed by atoms with Gasteiger partial charge in [-0.1, -0.05) is 0 Å². The topological polar surface area (TPSA) is 94.5 Å². The Kier molecular flexibility index (Phi) is 6.23. The van der Waals surface area contributed by atoms with E-state index in [-0.39, 0.29) is 17.2 Å². The number of aryl methyl sites for hydroxylation is 1. The molecular weight excluding hydrogens is 444 g/mol. The summed E-state index contributed by atoms with van der Waals surface area (Å²) in [5.74, 6) is 3.74. The SMILES string of the molecule is COc1cc(OC)cc([C@H](NC(=O)[C@@H](C)NC(=O)C23CC4CC(CC(C4)C2)C3)c2nccn2C)c1. The van der Waals surface area contributed by atoms with Gasteiger partial charge in [-0.3, -0.25) is 9.59 Å². The molecule has 1 heterocycles. The minimum atomic E-state index is -0.661. The minimum absolute atomic E-state index is 0.0517. The molecule has 2 atom stereocenters. The Morgan fingerprint density at radius 1 is 1.00 bits per heavy atom. The molecule has 4 aliphatic carbocycles. The van der Waals surface area contributed by atoms with Gasteiger partial charge in [-0.25, -0.2) is 4.98 Å². The molecule has 6 rings (SSSR count). The lowest BCUT2D eigenvalue weighted by Crippen LogP contribution is -2.57. The third kappa shape index (κ3) is 4.50. The van der Waals surface area contributed by atoms with Gasteiger partial charge < -0.3 is 24.7 Å². The van der Waals surface area contributed by atoms with Gasteiger partial charge in [0.25, 0.3) is 0 Å². The fraction of sp³-hybridized carbons (Fsp3) is 0.593. The zero-order chi connectivity index (χ0) is 24.7. The molecule has 4 aliphatic rings. The fourth-order valence-corrected chi connectivity index (χ4v) is 7.02. The lowest BCUT2D eigenvalue weighted by Gasteiger charge is -2.55. The Labute approximate surface area is 206 Å². The second kappa shape index (κ2) is 9.21. The number of nitrogens with one attached hydrogen (secondary N) is 2. The first kappa shape index (κ1) is 23.7. The van der Waals surface area contributed by atoms with Crippen molar-refractivity contribution in [1.29, 1.82) is 0 Å². The number of methoxy groups -OCH3 is 2. The molecule has 0 aliphatic heterocycles. The number of aromatic nitrogens is 2. The molecule has 4 bridgehead atoms. The number of carbonyl (C=O) groups is 2. The van der Waals surface area contributed by atoms with Crippen LogP contribution in [0.15, 0.2) is 30.6 Å². The van der Waals surface area contributed by atoms with Gasteiger partial charge in [-0.15, -0.1) is 0 Å². The van der Waals surface area contributed by atoms with Crippen LogP contribution in [-0.2, 0) is 16.6 Å². The summed E-state index contributed by atoms with van der Waals surface area (Å²) in [6.07, 6.45) is 10.3. The molecule has 8 nitrogen and oxygen atoms in total. The van der Waals surface area contributed by atoms with Gasteiger partial charge in [0.15, 0.2) is 0 Å². The summed E-state index contributed by atoms with van der Waals surface area (Å²) in [4.78, 5) is 31.3. The van der Waals surface area contributed by atoms with Crippen molar-refractivity contribution < 1.29 is 19.1 Å². The normalized spacial score (nSPS) is 28.3. The average molecular weight is 481 g/mol. The molecule has 4 fully saturated rings. The second-order valence-corrected chi connectivity index (χ2v) is 10.9. The van der Waals surface area contributed by atoms with Gasteiger partial charge in [0.05, 0.1) is 14.2 Å². The summed E-state index contributed by atoms with van der Waals surface area (Å²) in [5.41, 5.74) is 0.492. The summed E-state index contributed by atoms with van der Waals surface area (Å²) in [7, 11) is 5.07. The molecule has 2 aromatic rings. The first-order valence-electron chi connectivity index (χ1n) is 12.6. The van der Waals surface area contributed by atoms with Gasteiger partial charge >= 0.3 is 0 Å². The molecule has 0 spiro atoms. The zero-order valence-electron chi connectivity index (χ0n) is 21.0. The highest BCUT2D eigenvalue weighted by Gasteiger charge is 2.54. The molecule has 8 heteroatoms. The molecule has 1 aromatic carbocycles. The predicted molar refractivity (Wildman–Crippen MR) is 131 cm³/mol. The monoisotopic (exact) mass is 480 g/mol. The molecule has 0 saturated heterocycles. The van der Waals surface area contributed by atoms with E-state index in [4.69, 9.17) is 9.47 Å². The van der Waals surface area contributed by atoms with Crippen LogP contribution < -0.4 is 20.1 Å². The van der Waals surface area contributed by atoms with E-state index in [9.17, 15) is 9.59 Å². The van der Waals surface area contributed by atoms with E-state index in [1.807, 2.05) is 29.9 Å². The summed E-state index contributed by atoms with van der Waals surface area (Å²) in [6, 6.07) is 4.31. The lowest BCUT2D eigenvalue weighted by atomic mass is 9.49. The Balaban J connectivity index is 1.34. The molecule has 0 unspecified atom stereocenters. The summed E-state index contributed by atoms with van der Waals surface area (Å²) < 4.78 is 12.8. The molecule has 188 valence electrons. The van der Waals surface area contributed by atoms with Crippen LogP contribution in [0.2, 0.25) is 0 Å². The standard InChI is InChI=1S/C27H36N4O4/c1-16(29-26(33)27-13-17-7-18(14-27)9-19(8-17)15-27)25(32)30-23(24-28-5-6-31(24)2)20-10-21(34-3)12-22(11-20)35-4/h5-6,10-12,16-19,23H,7-9,13-15H2,1-4H3,(H,29,33)(H,30,32)/t16-,17?,18?,19?,23+,27?/m1/s1. The average Bonchev–Trinajstić information content (AvgIpc) is 3.26. The van der Waals surface area contributed by atoms with E-state index in [1.165, 1.54) is 19.3 Å². The van der Waals surface area contributed by atoms with Gasteiger partial charge in [0.1, 0.15) is 29.4 Å². The van der Waals surface area contributed by atoms with Crippen molar-refractivity contribution in [2.45, 2.75) is 57.5 Å². The maximum absolute atomic E-state index is 13.5. The van der Waals surface area contributed by atoms with Crippen molar-refractivity contribution in [1.82, 2.24) is 20.2 Å². The molecule has 0 radical (unpaired) electrons. The first-order valence-corrected chi connectivity index (χ1v) is 12.6. The van der Waals surface area contributed by atoms with Crippen molar-refractivity contribution >= 4 is 11.8 Å². The molecule has 35 heavy (non-hydrogen) atoms. The Bertz CT molecular complexity index is 1050. The van der Waals surface area contributed by atoms with E-state index in [0.717, 1.165) is 24.8 Å². The van der Waals surface area contributed by atoms with Gasteiger partial charge in [0, 0.05) is 30.9 Å². The van der Waals surface area contributed by atoms with Crippen LogP contribution in [0.3, 0.4) is 0 Å². The van der Waals surface area contributed by atoms with Crippen LogP contribution in [0.5, 0.6) is 11.5 Å². The fourth-order valence-electron chi connectivity index (χ4n) is 7.02. The number of amides is 2. The summed E-state index contributed by atoms with van der Waals surface area (Å²) >= 11 is 0. The van der Waals surface area contributed by atoms with Crippen LogP contribution in [0.4, 0.5) is 0 Å². The van der Waals surface area contributed by atoms with Crippen LogP contribution in [0.25, 0.3) is 0 Å². The molecule has 2 N–H and O–H groups in total. The molecular formula is C27H36N4O4. The summed E-state index contributed by atoms with van der Waals surface area (Å²) in [6.45, 7) is 1.76. The lowest BCUT2D eigenvalue weighted by molar-refractivity contribution is -0.148. The highest BCUT2D eigenvalue weighted by atomic mass is 16.5. The number of carbonyl (C=O) groups excluding carboxylic acids is 2. The molecule has 2 amide bonds. The van der Waals surface area contributed by atoms with E-state index in [2.05, 4.69) is 15.6 Å². The summed E-state index contributed by atoms with van der Waals surface area (Å²) in [5, 5.41) is 6.18. The Morgan fingerprint density at radius 3 is 2.06 bits per heavy atom. The van der Waals surface area contributed by atoms with Crippen LogP contribution in [0, 0.1) is 23.2 Å². The third-order valence-corrected chi connectivity index (χ3v) is 8.37. The smallest absolute Gasteiger partial charge is 0.243 e. The predicted octanol–water partition coefficient (Wildman–Crippen LogP) is 3.36. The van der Waals surface area contributed by atoms with Crippen molar-refractivity contribution in [2.75, 3.05) is 14.2 Å². The van der Waals surface area contributed by atoms with Crippen LogP contribution in [-0.4, -0.2) is 41.6 Å². The maximum atomic E-state index is 13.5. The third-order valence-electron chi connectivity index (χ3n) is 8.37. The largest absolute Gasteiger partial charge is 0.497 e. The van der Waals surface area contributed by atoms with Gasteiger partial charge in [-0.2, -0.15) is 0 Å². The van der Waals surface area contributed by atoms with E-state index < -0.39 is 12.1 Å². The Morgan fingerprint density at radius 2 is 1.57 bits per heavy atom. The van der Waals surface area contributed by atoms with Crippen LogP contribution in [0.1, 0.15) is 62.9 Å². The molecule has 1 aromatic heterocycles. The van der Waals surface area contributed by atoms with Crippen molar-refractivity contribution in [3.8, 4) is 11.5 Å². The van der Waals surface area contributed by atoms with E-state index >= 15 is 0 Å². The number of hydrogen-bond donors (Lipinski definition) is 2. The van der Waals surface area contributed by atoms with Crippen molar-refractivity contribution in [3.63, 3.8) is 0 Å². The van der Waals surface area contributed by atoms with E-state index in [0.29, 0.717) is 35.1 Å². The number of benzene rings is 1. The quantitative estimate of drug-likeness (QED) is 0.604. The van der Waals surface area contributed by atoms with Crippen molar-refractivity contribution in [2.24, 2.45) is 30.2 Å². The first-order chi connectivity index (χ1) is 16.8. The van der Waals surface area contributed by atoms with E-state index in [1.54, 1.807) is 33.4 Å². The number of rotatable bonds is 8. The number of hydrogen-bond acceptors (Lipinski definition) is 5. The van der Waals surface area contributed by atoms with Gasteiger partial charge in [-0.05, 0) is 80.9 Å². The highest BCUT2D eigenvalue weighted by molar-refractivity contribution is 5.90. The zero-order valence-corrected chi connectivity index (χ0v) is 21.0. The maximum Gasteiger partial charge on any atom is 0.243 e. The minimum Gasteiger partial charge on any atom is -0.497 e. The highest BCUT2D eigenvalue weighted by Crippen LogP contribution is 2.60. The molecule has 4 saturated carbocycles. The second-order valence-electron chi connectivity index (χ2n) is 10.9.